The van der Waals surface area contributed by atoms with Gasteiger partial charge in [0.15, 0.2) is 5.11 Å². The zero-order chi connectivity index (χ0) is 17.7. The molecule has 0 saturated carbocycles. The number of hydrogen-bond acceptors (Lipinski definition) is 5. The number of hydrazine groups is 1. The largest absolute Gasteiger partial charge is 0.359 e. The molecule has 7 nitrogen and oxygen atoms in total. The van der Waals surface area contributed by atoms with E-state index in [0.29, 0.717) is 28.7 Å². The lowest BCUT2D eigenvalue weighted by Crippen LogP contribution is -2.52. The van der Waals surface area contributed by atoms with Crippen molar-refractivity contribution in [1.29, 1.82) is 0 Å². The van der Waals surface area contributed by atoms with Gasteiger partial charge in [-0.15, -0.1) is 11.3 Å². The lowest BCUT2D eigenvalue weighted by Gasteiger charge is -2.30. The second-order valence-electron chi connectivity index (χ2n) is 5.88. The van der Waals surface area contributed by atoms with E-state index in [1.807, 2.05) is 13.8 Å². The van der Waals surface area contributed by atoms with Gasteiger partial charge in [0.25, 0.3) is 10.0 Å². The number of piperidine rings is 1. The van der Waals surface area contributed by atoms with Crippen molar-refractivity contribution in [1.82, 2.24) is 20.5 Å². The van der Waals surface area contributed by atoms with Crippen LogP contribution >= 0.6 is 23.6 Å². The van der Waals surface area contributed by atoms with Gasteiger partial charge in [-0.2, -0.15) is 4.31 Å². The molecule has 1 amide bonds. The Morgan fingerprint density at radius 1 is 1.42 bits per heavy atom. The Labute approximate surface area is 151 Å². The Bertz CT molecular complexity index is 673. The summed E-state index contributed by atoms with van der Waals surface area (Å²) in [7, 11) is -3.52. The number of carbonyl (C=O) groups is 1. The van der Waals surface area contributed by atoms with E-state index >= 15 is 0 Å². The minimum atomic E-state index is -3.52. The molecule has 1 aliphatic heterocycles. The van der Waals surface area contributed by atoms with Gasteiger partial charge < -0.3 is 5.32 Å². The third kappa shape index (κ3) is 4.88. The molecule has 1 aromatic rings. The van der Waals surface area contributed by atoms with Crippen LogP contribution in [0.5, 0.6) is 0 Å². The predicted molar refractivity (Wildman–Crippen MR) is 97.9 cm³/mol. The first-order valence-corrected chi connectivity index (χ1v) is 10.4. The summed E-state index contributed by atoms with van der Waals surface area (Å²) >= 11 is 6.23. The number of rotatable bonds is 4. The first-order chi connectivity index (χ1) is 11.3. The monoisotopic (exact) mass is 390 g/mol. The molecule has 1 fully saturated rings. The number of nitrogens with zero attached hydrogens (tertiary/aromatic N) is 1. The van der Waals surface area contributed by atoms with E-state index in [9.17, 15) is 13.2 Å². The molecule has 0 aliphatic carbocycles. The van der Waals surface area contributed by atoms with Gasteiger partial charge in [-0.05, 0) is 50.4 Å². The Kier molecular flexibility index (Phi) is 6.55. The number of thiophene rings is 1. The summed E-state index contributed by atoms with van der Waals surface area (Å²) in [5.74, 6) is -0.656. The van der Waals surface area contributed by atoms with Crippen molar-refractivity contribution < 1.29 is 13.2 Å². The predicted octanol–water partition coefficient (Wildman–Crippen LogP) is 1.05. The highest BCUT2D eigenvalue weighted by atomic mass is 32.2. The third-order valence-electron chi connectivity index (χ3n) is 3.56. The average Bonchev–Trinajstić information content (AvgIpc) is 3.07. The summed E-state index contributed by atoms with van der Waals surface area (Å²) in [5.41, 5.74) is 5.20. The van der Waals surface area contributed by atoms with Gasteiger partial charge >= 0.3 is 0 Å². The summed E-state index contributed by atoms with van der Waals surface area (Å²) in [5, 5.41) is 5.01. The molecular weight excluding hydrogens is 368 g/mol. The lowest BCUT2D eigenvalue weighted by atomic mass is 9.99. The third-order valence-corrected chi connectivity index (χ3v) is 7.02. The molecule has 1 atom stereocenters. The van der Waals surface area contributed by atoms with Crippen LogP contribution in [0.1, 0.15) is 26.7 Å². The van der Waals surface area contributed by atoms with Crippen LogP contribution < -0.4 is 16.2 Å². The molecule has 10 heteroatoms. The van der Waals surface area contributed by atoms with Gasteiger partial charge in [0.1, 0.15) is 4.21 Å². The normalized spacial score (nSPS) is 19.0. The Hall–Kier alpha value is -1.23. The molecule has 2 rings (SSSR count). The number of hydrogen-bond donors (Lipinski definition) is 3. The van der Waals surface area contributed by atoms with Crippen LogP contribution in [0, 0.1) is 5.92 Å². The van der Waals surface area contributed by atoms with Gasteiger partial charge in [-0.1, -0.05) is 6.07 Å². The topological polar surface area (TPSA) is 90.5 Å². The van der Waals surface area contributed by atoms with Gasteiger partial charge in [-0.25, -0.2) is 8.42 Å². The number of thiocarbonyl (C=S) groups is 1. The minimum absolute atomic E-state index is 0.156. The van der Waals surface area contributed by atoms with E-state index in [1.165, 1.54) is 15.6 Å². The molecule has 1 unspecified atom stereocenters. The van der Waals surface area contributed by atoms with E-state index in [0.717, 1.165) is 0 Å². The number of carbonyl (C=O) groups excluding carboxylic acids is 1. The minimum Gasteiger partial charge on any atom is -0.359 e. The average molecular weight is 391 g/mol. The summed E-state index contributed by atoms with van der Waals surface area (Å²) < 4.78 is 26.8. The SMILES string of the molecule is CC(C)NC(=S)NNC(=O)C1CCCN(S(=O)(=O)c2cccs2)C1. The second-order valence-corrected chi connectivity index (χ2v) is 9.40. The molecular formula is C14H22N4O3S3. The van der Waals surface area contributed by atoms with Crippen LogP contribution in [0.15, 0.2) is 21.7 Å². The smallest absolute Gasteiger partial charge is 0.252 e. The van der Waals surface area contributed by atoms with Crippen LogP contribution in [-0.4, -0.2) is 42.9 Å². The zero-order valence-corrected chi connectivity index (χ0v) is 16.1. The highest BCUT2D eigenvalue weighted by molar-refractivity contribution is 7.91. The summed E-state index contributed by atoms with van der Waals surface area (Å²) in [4.78, 5) is 12.3. The Morgan fingerprint density at radius 3 is 2.79 bits per heavy atom. The zero-order valence-electron chi connectivity index (χ0n) is 13.6. The van der Waals surface area contributed by atoms with Gasteiger partial charge in [0, 0.05) is 19.1 Å². The number of sulfonamides is 1. The molecule has 1 saturated heterocycles. The molecule has 0 aromatic carbocycles. The van der Waals surface area contributed by atoms with Gasteiger partial charge in [-0.3, -0.25) is 15.6 Å². The second kappa shape index (κ2) is 8.24. The van der Waals surface area contributed by atoms with Crippen molar-refractivity contribution in [2.24, 2.45) is 5.92 Å². The fourth-order valence-electron chi connectivity index (χ4n) is 2.43. The number of amides is 1. The number of nitrogens with one attached hydrogen (secondary N) is 3. The van der Waals surface area contributed by atoms with Crippen molar-refractivity contribution in [3.63, 3.8) is 0 Å². The molecule has 24 heavy (non-hydrogen) atoms. The molecule has 0 radical (unpaired) electrons. The van der Waals surface area contributed by atoms with E-state index in [1.54, 1.807) is 17.5 Å². The van der Waals surface area contributed by atoms with Crippen LogP contribution in [0.25, 0.3) is 0 Å². The fourth-order valence-corrected chi connectivity index (χ4v) is 5.39. The van der Waals surface area contributed by atoms with Crippen molar-refractivity contribution >= 4 is 44.6 Å². The van der Waals surface area contributed by atoms with Gasteiger partial charge in [0.2, 0.25) is 5.91 Å². The highest BCUT2D eigenvalue weighted by Crippen LogP contribution is 2.26. The maximum atomic E-state index is 12.6. The quantitative estimate of drug-likeness (QED) is 0.526. The van der Waals surface area contributed by atoms with E-state index in [4.69, 9.17) is 12.2 Å². The lowest BCUT2D eigenvalue weighted by molar-refractivity contribution is -0.126. The molecule has 134 valence electrons. The van der Waals surface area contributed by atoms with Crippen LogP contribution in [0.4, 0.5) is 0 Å². The molecule has 3 N–H and O–H groups in total. The van der Waals surface area contributed by atoms with Crippen LogP contribution in [0.3, 0.4) is 0 Å². The van der Waals surface area contributed by atoms with E-state index in [-0.39, 0.29) is 18.5 Å². The van der Waals surface area contributed by atoms with Gasteiger partial charge in [0.05, 0.1) is 5.92 Å². The fraction of sp³-hybridized carbons (Fsp3) is 0.571. The van der Waals surface area contributed by atoms with Crippen LogP contribution in [-0.2, 0) is 14.8 Å². The molecule has 1 aliphatic rings. The Morgan fingerprint density at radius 2 is 2.17 bits per heavy atom. The maximum Gasteiger partial charge on any atom is 0.252 e. The summed E-state index contributed by atoms with van der Waals surface area (Å²) in [6.07, 6.45) is 1.30. The highest BCUT2D eigenvalue weighted by Gasteiger charge is 2.33. The molecule has 0 bridgehead atoms. The molecule has 2 heterocycles. The first-order valence-electron chi connectivity index (χ1n) is 7.70. The van der Waals surface area contributed by atoms with Crippen molar-refractivity contribution in [2.75, 3.05) is 13.1 Å². The standard InChI is InChI=1S/C14H22N4O3S3/c1-10(2)15-14(22)17-16-13(19)11-5-3-7-18(9-11)24(20,21)12-6-4-8-23-12/h4,6,8,10-11H,3,5,7,9H2,1-2H3,(H,16,19)(H2,15,17,22). The summed E-state index contributed by atoms with van der Waals surface area (Å²) in [6.45, 7) is 4.48. The van der Waals surface area contributed by atoms with Crippen LogP contribution in [0.2, 0.25) is 0 Å². The molecule has 0 spiro atoms. The van der Waals surface area contributed by atoms with E-state index in [2.05, 4.69) is 16.2 Å². The first kappa shape index (κ1) is 19.1. The van der Waals surface area contributed by atoms with Crippen molar-refractivity contribution in [2.45, 2.75) is 36.9 Å². The van der Waals surface area contributed by atoms with Crippen molar-refractivity contribution in [3.05, 3.63) is 17.5 Å². The Balaban J connectivity index is 1.93. The summed E-state index contributed by atoms with van der Waals surface area (Å²) in [6, 6.07) is 3.45. The molecule has 1 aromatic heterocycles. The van der Waals surface area contributed by atoms with Crippen molar-refractivity contribution in [3.8, 4) is 0 Å². The maximum absolute atomic E-state index is 12.6. The van der Waals surface area contributed by atoms with E-state index < -0.39 is 15.9 Å².